The summed E-state index contributed by atoms with van der Waals surface area (Å²) in [6, 6.07) is 2.41. The summed E-state index contributed by atoms with van der Waals surface area (Å²) in [7, 11) is 0. The first-order chi connectivity index (χ1) is 14.7. The van der Waals surface area contributed by atoms with Crippen molar-refractivity contribution in [3.63, 3.8) is 0 Å². The van der Waals surface area contributed by atoms with Crippen LogP contribution in [0.25, 0.3) is 28.0 Å². The van der Waals surface area contributed by atoms with Crippen LogP contribution < -0.4 is 0 Å². The molecule has 2 unspecified atom stereocenters. The maximum absolute atomic E-state index is 10.2. The maximum Gasteiger partial charge on any atom is 0.0999 e. The van der Waals surface area contributed by atoms with Crippen LogP contribution in [0.3, 0.4) is 0 Å². The zero-order valence-corrected chi connectivity index (χ0v) is 17.4. The summed E-state index contributed by atoms with van der Waals surface area (Å²) in [5.41, 5.74) is 4.50. The molecule has 8 nitrogen and oxygen atoms in total. The van der Waals surface area contributed by atoms with Crippen molar-refractivity contribution in [1.82, 2.24) is 34.2 Å². The quantitative estimate of drug-likeness (QED) is 0.526. The molecule has 1 fully saturated rings. The number of rotatable bonds is 6. The molecule has 4 heterocycles. The van der Waals surface area contributed by atoms with E-state index >= 15 is 0 Å². The van der Waals surface area contributed by atoms with Crippen molar-refractivity contribution in [3.05, 3.63) is 43.2 Å². The molecule has 0 bridgehead atoms. The van der Waals surface area contributed by atoms with Crippen LogP contribution in [-0.2, 0) is 0 Å². The Labute approximate surface area is 175 Å². The lowest BCUT2D eigenvalue weighted by Crippen LogP contribution is -2.18. The van der Waals surface area contributed by atoms with Gasteiger partial charge in [0.25, 0.3) is 0 Å². The summed E-state index contributed by atoms with van der Waals surface area (Å²) >= 11 is 0. The lowest BCUT2D eigenvalue weighted by atomic mass is 10.1. The Balaban J connectivity index is 1.55. The van der Waals surface area contributed by atoms with Crippen LogP contribution in [0.2, 0.25) is 0 Å². The van der Waals surface area contributed by atoms with E-state index in [1.165, 1.54) is 0 Å². The van der Waals surface area contributed by atoms with Gasteiger partial charge in [0.15, 0.2) is 0 Å². The minimum Gasteiger partial charge on any atom is -0.391 e. The van der Waals surface area contributed by atoms with Gasteiger partial charge in [-0.3, -0.25) is 9.36 Å². The lowest BCUT2D eigenvalue weighted by Gasteiger charge is -2.14. The fourth-order valence-corrected chi connectivity index (χ4v) is 4.48. The first-order valence-electron chi connectivity index (χ1n) is 10.8. The average molecular weight is 406 g/mol. The summed E-state index contributed by atoms with van der Waals surface area (Å²) in [6.07, 6.45) is 16.0. The van der Waals surface area contributed by atoms with Crippen LogP contribution in [0.5, 0.6) is 0 Å². The van der Waals surface area contributed by atoms with E-state index in [2.05, 4.69) is 35.3 Å². The third kappa shape index (κ3) is 3.21. The van der Waals surface area contributed by atoms with Crippen LogP contribution >= 0.6 is 0 Å². The van der Waals surface area contributed by atoms with Gasteiger partial charge in [0.1, 0.15) is 0 Å². The molecule has 156 valence electrons. The van der Waals surface area contributed by atoms with E-state index in [4.69, 9.17) is 4.98 Å². The Hall–Kier alpha value is -3.00. The fourth-order valence-electron chi connectivity index (χ4n) is 4.48. The van der Waals surface area contributed by atoms with Gasteiger partial charge in [-0.05, 0) is 38.2 Å². The summed E-state index contributed by atoms with van der Waals surface area (Å²) in [4.78, 5) is 4.97. The molecule has 30 heavy (non-hydrogen) atoms. The number of hydrogen-bond donors (Lipinski definition) is 1. The Kier molecular flexibility index (Phi) is 4.86. The molecule has 4 aromatic rings. The molecule has 0 saturated heterocycles. The van der Waals surface area contributed by atoms with Crippen molar-refractivity contribution >= 4 is 5.52 Å². The smallest absolute Gasteiger partial charge is 0.0999 e. The summed E-state index contributed by atoms with van der Waals surface area (Å²) in [5, 5.41) is 23.8. The van der Waals surface area contributed by atoms with E-state index in [-0.39, 0.29) is 12.1 Å². The van der Waals surface area contributed by atoms with E-state index < -0.39 is 0 Å². The zero-order chi connectivity index (χ0) is 20.7. The molecular weight excluding hydrogens is 378 g/mol. The standard InChI is InChI=1S/C22H27N7O/c1-3-17(4-2)27-13-16(11-24-27)22-20-8-9-23-29(20)14-18(26-22)15-10-25-28(12-15)19-6-5-7-21(19)30/h8-14,17,19,21,30H,3-7H2,1-2H3. The Morgan fingerprint density at radius 1 is 1.03 bits per heavy atom. The van der Waals surface area contributed by atoms with Gasteiger partial charge in [0, 0.05) is 23.5 Å². The van der Waals surface area contributed by atoms with Crippen molar-refractivity contribution < 1.29 is 5.11 Å². The summed E-state index contributed by atoms with van der Waals surface area (Å²) in [5.74, 6) is 0. The first kappa shape index (κ1) is 19.0. The number of aliphatic hydroxyl groups excluding tert-OH is 1. The molecule has 1 aliphatic carbocycles. The Morgan fingerprint density at radius 3 is 2.63 bits per heavy atom. The number of fused-ring (bicyclic) bond motifs is 1. The van der Waals surface area contributed by atoms with Gasteiger partial charge >= 0.3 is 0 Å². The van der Waals surface area contributed by atoms with Crippen molar-refractivity contribution in [2.45, 2.75) is 64.1 Å². The molecule has 1 N–H and O–H groups in total. The molecule has 4 aromatic heterocycles. The van der Waals surface area contributed by atoms with E-state index in [0.29, 0.717) is 6.04 Å². The van der Waals surface area contributed by atoms with Crippen molar-refractivity contribution in [1.29, 1.82) is 0 Å². The second-order valence-corrected chi connectivity index (χ2v) is 8.09. The highest BCUT2D eigenvalue weighted by molar-refractivity contribution is 5.78. The van der Waals surface area contributed by atoms with Gasteiger partial charge in [-0.25, -0.2) is 9.50 Å². The normalized spacial score (nSPS) is 19.3. The number of hydrogen-bond acceptors (Lipinski definition) is 5. The third-order valence-corrected chi connectivity index (χ3v) is 6.26. The minimum absolute atomic E-state index is 0.0462. The summed E-state index contributed by atoms with van der Waals surface area (Å²) < 4.78 is 5.77. The van der Waals surface area contributed by atoms with Crippen molar-refractivity contribution in [2.24, 2.45) is 0 Å². The Morgan fingerprint density at radius 2 is 1.87 bits per heavy atom. The van der Waals surface area contributed by atoms with Crippen molar-refractivity contribution in [3.8, 4) is 22.5 Å². The highest BCUT2D eigenvalue weighted by Crippen LogP contribution is 2.32. The predicted octanol–water partition coefficient (Wildman–Crippen LogP) is 3.90. The van der Waals surface area contributed by atoms with Crippen LogP contribution in [0.15, 0.2) is 43.2 Å². The predicted molar refractivity (Wildman–Crippen MR) is 114 cm³/mol. The van der Waals surface area contributed by atoms with Gasteiger partial charge in [-0.15, -0.1) is 0 Å². The average Bonchev–Trinajstić information content (AvgIpc) is 3.54. The molecule has 0 aliphatic heterocycles. The van der Waals surface area contributed by atoms with Crippen molar-refractivity contribution in [2.75, 3.05) is 0 Å². The maximum atomic E-state index is 10.2. The first-order valence-corrected chi connectivity index (χ1v) is 10.8. The van der Waals surface area contributed by atoms with Crippen LogP contribution in [0.4, 0.5) is 0 Å². The number of aromatic nitrogens is 7. The largest absolute Gasteiger partial charge is 0.391 e. The van der Waals surface area contributed by atoms with Gasteiger partial charge in [0.05, 0.1) is 59.9 Å². The molecule has 0 radical (unpaired) electrons. The van der Waals surface area contributed by atoms with Crippen LogP contribution in [0.1, 0.15) is 58.0 Å². The molecule has 8 heteroatoms. The molecule has 2 atom stereocenters. The highest BCUT2D eigenvalue weighted by atomic mass is 16.3. The van der Waals surface area contributed by atoms with E-state index in [0.717, 1.165) is 60.1 Å². The second-order valence-electron chi connectivity index (χ2n) is 8.09. The van der Waals surface area contributed by atoms with Crippen LogP contribution in [0, 0.1) is 0 Å². The molecule has 0 aromatic carbocycles. The van der Waals surface area contributed by atoms with Gasteiger partial charge in [-0.2, -0.15) is 15.3 Å². The molecule has 1 aliphatic rings. The molecule has 0 spiro atoms. The third-order valence-electron chi connectivity index (χ3n) is 6.26. The fraction of sp³-hybridized carbons (Fsp3) is 0.455. The topological polar surface area (TPSA) is 86.1 Å². The van der Waals surface area contributed by atoms with Crippen LogP contribution in [-0.4, -0.2) is 45.4 Å². The monoisotopic (exact) mass is 405 g/mol. The molecule has 0 amide bonds. The molecule has 5 rings (SSSR count). The SMILES string of the molecule is CCC(CC)n1cc(-c2nc(-c3cnn(C4CCCC4O)c3)cn3nccc23)cn1. The minimum atomic E-state index is -0.328. The molecular formula is C22H27N7O. The van der Waals surface area contributed by atoms with E-state index in [1.807, 2.05) is 44.7 Å². The van der Waals surface area contributed by atoms with Gasteiger partial charge in [-0.1, -0.05) is 13.8 Å². The second kappa shape index (κ2) is 7.68. The number of nitrogens with zero attached hydrogens (tertiary/aromatic N) is 7. The van der Waals surface area contributed by atoms with E-state index in [9.17, 15) is 5.11 Å². The Bertz CT molecular complexity index is 1150. The highest BCUT2D eigenvalue weighted by Gasteiger charge is 2.27. The zero-order valence-electron chi connectivity index (χ0n) is 17.4. The van der Waals surface area contributed by atoms with Gasteiger partial charge < -0.3 is 5.11 Å². The number of aliphatic hydroxyl groups is 1. The van der Waals surface area contributed by atoms with E-state index in [1.54, 1.807) is 6.20 Å². The lowest BCUT2D eigenvalue weighted by molar-refractivity contribution is 0.130. The molecule has 1 saturated carbocycles. The summed E-state index contributed by atoms with van der Waals surface area (Å²) in [6.45, 7) is 4.37. The van der Waals surface area contributed by atoms with Gasteiger partial charge in [0.2, 0.25) is 0 Å².